The van der Waals surface area contributed by atoms with Crippen LogP contribution in [0, 0.1) is 6.92 Å². The van der Waals surface area contributed by atoms with Gasteiger partial charge in [0.1, 0.15) is 0 Å². The highest BCUT2D eigenvalue weighted by atomic mass is 79.9. The molecule has 1 fully saturated rings. The molecule has 21 heavy (non-hydrogen) atoms. The fraction of sp³-hybridized carbons (Fsp3) is 0.500. The molecule has 0 atom stereocenters. The first-order valence-electron chi connectivity index (χ1n) is 6.37. The van der Waals surface area contributed by atoms with Crippen molar-refractivity contribution in [3.8, 4) is 0 Å². The summed E-state index contributed by atoms with van der Waals surface area (Å²) in [6, 6.07) is 3.34. The van der Waals surface area contributed by atoms with Crippen LogP contribution < -0.4 is 5.73 Å². The summed E-state index contributed by atoms with van der Waals surface area (Å²) < 4.78 is 50.2. The van der Waals surface area contributed by atoms with Gasteiger partial charge in [0.15, 0.2) is 9.84 Å². The zero-order valence-corrected chi connectivity index (χ0v) is 14.8. The Labute approximate surface area is 133 Å². The highest BCUT2D eigenvalue weighted by Gasteiger charge is 2.32. The third-order valence-corrected chi connectivity index (χ3v) is 7.97. The molecule has 0 amide bonds. The van der Waals surface area contributed by atoms with Crippen LogP contribution in [0.25, 0.3) is 0 Å². The zero-order valence-electron chi connectivity index (χ0n) is 11.5. The van der Waals surface area contributed by atoms with Crippen LogP contribution in [0.15, 0.2) is 21.5 Å². The lowest BCUT2D eigenvalue weighted by molar-refractivity contribution is 0.430. The number of halogens is 1. The average molecular weight is 397 g/mol. The van der Waals surface area contributed by atoms with Crippen LogP contribution in [0.4, 0.5) is 0 Å². The van der Waals surface area contributed by atoms with E-state index in [0.717, 1.165) is 0 Å². The van der Waals surface area contributed by atoms with Crippen LogP contribution in [-0.2, 0) is 26.4 Å². The lowest BCUT2D eigenvalue weighted by atomic mass is 10.1. The first-order chi connectivity index (χ1) is 9.67. The molecule has 1 heterocycles. The number of nitrogens with zero attached hydrogens (tertiary/aromatic N) is 1. The summed E-state index contributed by atoms with van der Waals surface area (Å²) in [6.45, 7) is 1.93. The molecular weight excluding hydrogens is 380 g/mol. The van der Waals surface area contributed by atoms with Crippen molar-refractivity contribution in [3.05, 3.63) is 27.7 Å². The van der Waals surface area contributed by atoms with Crippen molar-refractivity contribution in [1.82, 2.24) is 4.31 Å². The van der Waals surface area contributed by atoms with Crippen molar-refractivity contribution in [2.24, 2.45) is 5.73 Å². The number of benzene rings is 1. The van der Waals surface area contributed by atoms with Crippen LogP contribution in [0.1, 0.15) is 11.1 Å². The van der Waals surface area contributed by atoms with Crippen molar-refractivity contribution in [2.45, 2.75) is 18.4 Å². The summed E-state index contributed by atoms with van der Waals surface area (Å²) in [5.74, 6) is -0.272. The predicted molar refractivity (Wildman–Crippen MR) is 84.2 cm³/mol. The van der Waals surface area contributed by atoms with Crippen LogP contribution >= 0.6 is 15.9 Å². The molecule has 2 rings (SSSR count). The highest BCUT2D eigenvalue weighted by molar-refractivity contribution is 9.10. The third-order valence-electron chi connectivity index (χ3n) is 3.51. The lowest BCUT2D eigenvalue weighted by Crippen LogP contribution is -2.43. The first-order valence-corrected chi connectivity index (χ1v) is 10.4. The molecule has 9 heteroatoms. The van der Waals surface area contributed by atoms with Gasteiger partial charge in [-0.15, -0.1) is 0 Å². The van der Waals surface area contributed by atoms with Crippen molar-refractivity contribution in [3.63, 3.8) is 0 Å². The van der Waals surface area contributed by atoms with Crippen LogP contribution in [0.5, 0.6) is 0 Å². The van der Waals surface area contributed by atoms with E-state index >= 15 is 0 Å². The minimum Gasteiger partial charge on any atom is -0.326 e. The van der Waals surface area contributed by atoms with E-state index in [1.807, 2.05) is 0 Å². The van der Waals surface area contributed by atoms with Gasteiger partial charge in [-0.1, -0.05) is 15.9 Å². The van der Waals surface area contributed by atoms with Gasteiger partial charge in [0, 0.05) is 24.1 Å². The number of nitrogens with two attached hydrogens (primary N) is 1. The molecule has 0 aromatic heterocycles. The van der Waals surface area contributed by atoms with Gasteiger partial charge >= 0.3 is 0 Å². The largest absolute Gasteiger partial charge is 0.326 e. The summed E-state index contributed by atoms with van der Waals surface area (Å²) in [5, 5.41) is 0. The summed E-state index contributed by atoms with van der Waals surface area (Å²) in [4.78, 5) is 0.177. The monoisotopic (exact) mass is 396 g/mol. The molecule has 1 aromatic carbocycles. The van der Waals surface area contributed by atoms with Crippen LogP contribution in [-0.4, -0.2) is 45.7 Å². The van der Waals surface area contributed by atoms with Gasteiger partial charge in [0.25, 0.3) is 0 Å². The molecule has 0 aliphatic carbocycles. The molecule has 118 valence electrons. The second-order valence-electron chi connectivity index (χ2n) is 4.96. The average Bonchev–Trinajstić information content (AvgIpc) is 2.41. The Morgan fingerprint density at radius 1 is 1.29 bits per heavy atom. The van der Waals surface area contributed by atoms with Crippen molar-refractivity contribution < 1.29 is 16.8 Å². The third kappa shape index (κ3) is 3.48. The zero-order chi connectivity index (χ0) is 15.8. The van der Waals surface area contributed by atoms with Crippen molar-refractivity contribution in [1.29, 1.82) is 0 Å². The Bertz CT molecular complexity index is 746. The van der Waals surface area contributed by atoms with Gasteiger partial charge in [-0.2, -0.15) is 4.31 Å². The lowest BCUT2D eigenvalue weighted by Gasteiger charge is -2.27. The second kappa shape index (κ2) is 5.96. The highest BCUT2D eigenvalue weighted by Crippen LogP contribution is 2.28. The fourth-order valence-electron chi connectivity index (χ4n) is 2.17. The summed E-state index contributed by atoms with van der Waals surface area (Å²) in [6.07, 6.45) is 0. The van der Waals surface area contributed by atoms with Gasteiger partial charge < -0.3 is 5.73 Å². The van der Waals surface area contributed by atoms with Crippen molar-refractivity contribution in [2.75, 3.05) is 24.6 Å². The van der Waals surface area contributed by atoms with E-state index in [0.29, 0.717) is 15.6 Å². The summed E-state index contributed by atoms with van der Waals surface area (Å²) >= 11 is 3.34. The molecule has 0 radical (unpaired) electrons. The number of hydrogen-bond acceptors (Lipinski definition) is 5. The molecule has 1 aromatic rings. The van der Waals surface area contributed by atoms with Crippen molar-refractivity contribution >= 4 is 35.8 Å². The molecular formula is C12H17BrN2O4S2. The Kier molecular flexibility index (Phi) is 4.79. The maximum atomic E-state index is 12.7. The Morgan fingerprint density at radius 3 is 2.38 bits per heavy atom. The number of rotatable bonds is 3. The van der Waals surface area contributed by atoms with Gasteiger partial charge in [0.2, 0.25) is 10.0 Å². The normalized spacial score (nSPS) is 19.6. The molecule has 6 nitrogen and oxygen atoms in total. The molecule has 0 spiro atoms. The number of sulfone groups is 1. The molecule has 1 aliphatic heterocycles. The SMILES string of the molecule is Cc1c(Br)cc(CN)cc1S(=O)(=O)N1CCS(=O)(=O)CC1. The van der Waals surface area contributed by atoms with E-state index in [1.165, 1.54) is 4.31 Å². The standard InChI is InChI=1S/C12H17BrN2O4S2/c1-9-11(13)6-10(8-14)7-12(9)21(18,19)15-2-4-20(16,17)5-3-15/h6-7H,2-5,8,14H2,1H3. The minimum absolute atomic E-state index is 0.00538. The smallest absolute Gasteiger partial charge is 0.243 e. The molecule has 0 bridgehead atoms. The minimum atomic E-state index is -3.71. The number of hydrogen-bond donors (Lipinski definition) is 1. The Morgan fingerprint density at radius 2 is 1.86 bits per heavy atom. The van der Waals surface area contributed by atoms with Gasteiger partial charge in [-0.3, -0.25) is 0 Å². The fourth-order valence-corrected chi connectivity index (χ4v) is 5.98. The maximum absolute atomic E-state index is 12.7. The van der Waals surface area contributed by atoms with E-state index in [-0.39, 0.29) is 36.0 Å². The topological polar surface area (TPSA) is 97.5 Å². The summed E-state index contributed by atoms with van der Waals surface area (Å²) in [7, 11) is -6.84. The molecule has 1 saturated heterocycles. The first kappa shape index (κ1) is 16.9. The quantitative estimate of drug-likeness (QED) is 0.807. The van der Waals surface area contributed by atoms with E-state index in [1.54, 1.807) is 19.1 Å². The molecule has 0 saturated carbocycles. The van der Waals surface area contributed by atoms with E-state index in [4.69, 9.17) is 5.73 Å². The van der Waals surface area contributed by atoms with Gasteiger partial charge in [-0.25, -0.2) is 16.8 Å². The summed E-state index contributed by atoms with van der Waals surface area (Å²) in [5.41, 5.74) is 6.89. The second-order valence-corrected chi connectivity index (χ2v) is 10.0. The van der Waals surface area contributed by atoms with E-state index in [2.05, 4.69) is 15.9 Å². The van der Waals surface area contributed by atoms with Crippen LogP contribution in [0.2, 0.25) is 0 Å². The number of sulfonamides is 1. The Balaban J connectivity index is 2.43. The maximum Gasteiger partial charge on any atom is 0.243 e. The molecule has 0 unspecified atom stereocenters. The van der Waals surface area contributed by atoms with Gasteiger partial charge in [0.05, 0.1) is 16.4 Å². The molecule has 1 aliphatic rings. The molecule has 2 N–H and O–H groups in total. The van der Waals surface area contributed by atoms with Crippen LogP contribution in [0.3, 0.4) is 0 Å². The van der Waals surface area contributed by atoms with Gasteiger partial charge in [-0.05, 0) is 30.2 Å². The Hall–Kier alpha value is -0.480. The van der Waals surface area contributed by atoms with E-state index < -0.39 is 19.9 Å². The predicted octanol–water partition coefficient (Wildman–Crippen LogP) is 0.635. The van der Waals surface area contributed by atoms with E-state index in [9.17, 15) is 16.8 Å².